The van der Waals surface area contributed by atoms with Crippen LogP contribution >= 0.6 is 23.1 Å². The highest BCUT2D eigenvalue weighted by Crippen LogP contribution is 2.40. The minimum atomic E-state index is -0.615. The largest absolute Gasteiger partial charge is 0.496 e. The summed E-state index contributed by atoms with van der Waals surface area (Å²) in [4.78, 5) is 40.4. The number of ether oxygens (including phenoxy) is 3. The Morgan fingerprint density at radius 1 is 1.02 bits per heavy atom. The number of aromatic nitrogens is 3. The Bertz CT molecular complexity index is 1680. The van der Waals surface area contributed by atoms with Crippen molar-refractivity contribution in [2.45, 2.75) is 50.1 Å². The third kappa shape index (κ3) is 6.43. The molecule has 4 aromatic rings. The van der Waals surface area contributed by atoms with E-state index in [0.29, 0.717) is 44.3 Å². The average molecular weight is 636 g/mol. The van der Waals surface area contributed by atoms with Crippen LogP contribution in [0.1, 0.15) is 57.2 Å². The van der Waals surface area contributed by atoms with E-state index in [1.165, 1.54) is 30.2 Å². The van der Waals surface area contributed by atoms with Gasteiger partial charge in [-0.1, -0.05) is 36.0 Å². The number of hydrogen-bond acceptors (Lipinski definition) is 10. The minimum Gasteiger partial charge on any atom is -0.496 e. The summed E-state index contributed by atoms with van der Waals surface area (Å²) in [5.74, 6) is 0.413. The molecule has 1 aliphatic carbocycles. The summed E-state index contributed by atoms with van der Waals surface area (Å²) >= 11 is 2.63. The third-order valence-electron chi connectivity index (χ3n) is 7.07. The second-order valence-electron chi connectivity index (χ2n) is 9.82. The molecule has 1 atom stereocenters. The van der Waals surface area contributed by atoms with Crippen molar-refractivity contribution >= 4 is 45.9 Å². The van der Waals surface area contributed by atoms with E-state index in [-0.39, 0.29) is 25.0 Å². The number of para-hydroxylation sites is 3. The number of amides is 2. The molecule has 0 aliphatic heterocycles. The van der Waals surface area contributed by atoms with Crippen LogP contribution in [0.4, 0.5) is 5.00 Å². The summed E-state index contributed by atoms with van der Waals surface area (Å²) in [6.45, 7) is 3.82. The van der Waals surface area contributed by atoms with E-state index in [1.54, 1.807) is 49.8 Å². The molecule has 44 heavy (non-hydrogen) atoms. The molecule has 2 N–H and O–H groups in total. The fraction of sp³-hybridized carbons (Fsp3) is 0.323. The monoisotopic (exact) mass is 635 g/mol. The van der Waals surface area contributed by atoms with Crippen molar-refractivity contribution in [3.8, 4) is 17.2 Å². The molecule has 0 saturated carbocycles. The molecule has 230 valence electrons. The lowest BCUT2D eigenvalue weighted by Crippen LogP contribution is -2.25. The molecule has 5 rings (SSSR count). The SMILES string of the molecule is CCOC(=O)c1c(NC(=O)C(C)Sc2nnc(CNC(=O)c3ccccc3OC)n2-c2ccccc2OC)sc2c1CCC2. The third-order valence-corrected chi connectivity index (χ3v) is 9.32. The topological polar surface area (TPSA) is 134 Å². The van der Waals surface area contributed by atoms with Crippen LogP contribution in [0.3, 0.4) is 0 Å². The van der Waals surface area contributed by atoms with Crippen LogP contribution in [0.2, 0.25) is 0 Å². The maximum Gasteiger partial charge on any atom is 0.341 e. The van der Waals surface area contributed by atoms with Gasteiger partial charge in [0.2, 0.25) is 5.91 Å². The molecule has 2 amide bonds. The number of rotatable bonds is 12. The van der Waals surface area contributed by atoms with Gasteiger partial charge in [0, 0.05) is 4.88 Å². The lowest BCUT2D eigenvalue weighted by atomic mass is 10.1. The number of hydrogen-bond donors (Lipinski definition) is 2. The maximum absolute atomic E-state index is 13.5. The molecule has 0 spiro atoms. The van der Waals surface area contributed by atoms with Crippen molar-refractivity contribution in [2.75, 3.05) is 26.1 Å². The van der Waals surface area contributed by atoms with E-state index in [1.807, 2.05) is 24.3 Å². The molecule has 13 heteroatoms. The van der Waals surface area contributed by atoms with Gasteiger partial charge in [0.15, 0.2) is 11.0 Å². The maximum atomic E-state index is 13.5. The van der Waals surface area contributed by atoms with Crippen LogP contribution in [-0.2, 0) is 28.9 Å². The van der Waals surface area contributed by atoms with Crippen LogP contribution in [0.15, 0.2) is 53.7 Å². The summed E-state index contributed by atoms with van der Waals surface area (Å²) in [5, 5.41) is 14.9. The summed E-state index contributed by atoms with van der Waals surface area (Å²) in [6.07, 6.45) is 2.65. The number of nitrogens with zero attached hydrogens (tertiary/aromatic N) is 3. The van der Waals surface area contributed by atoms with Crippen LogP contribution in [0.5, 0.6) is 11.5 Å². The van der Waals surface area contributed by atoms with E-state index in [9.17, 15) is 14.4 Å². The summed E-state index contributed by atoms with van der Waals surface area (Å²) in [5.41, 5.74) is 2.47. The molecule has 2 aromatic carbocycles. The Morgan fingerprint density at radius 3 is 2.50 bits per heavy atom. The number of thioether (sulfide) groups is 1. The van der Waals surface area contributed by atoms with Gasteiger partial charge in [-0.2, -0.15) is 0 Å². The molecular weight excluding hydrogens is 603 g/mol. The van der Waals surface area contributed by atoms with Gasteiger partial charge in [0.25, 0.3) is 5.91 Å². The van der Waals surface area contributed by atoms with Crippen molar-refractivity contribution in [3.05, 3.63) is 75.9 Å². The first-order valence-electron chi connectivity index (χ1n) is 14.1. The van der Waals surface area contributed by atoms with Gasteiger partial charge >= 0.3 is 5.97 Å². The molecule has 0 bridgehead atoms. The lowest BCUT2D eigenvalue weighted by Gasteiger charge is -2.16. The van der Waals surface area contributed by atoms with Crippen LogP contribution in [-0.4, -0.2) is 58.6 Å². The second-order valence-corrected chi connectivity index (χ2v) is 12.2. The molecule has 11 nitrogen and oxygen atoms in total. The summed E-state index contributed by atoms with van der Waals surface area (Å²) in [7, 11) is 3.07. The molecule has 0 fully saturated rings. The van der Waals surface area contributed by atoms with Gasteiger partial charge in [0.05, 0.1) is 49.4 Å². The molecule has 0 radical (unpaired) electrons. The predicted molar refractivity (Wildman–Crippen MR) is 168 cm³/mol. The zero-order chi connectivity index (χ0) is 31.2. The van der Waals surface area contributed by atoms with Crippen molar-refractivity contribution in [2.24, 2.45) is 0 Å². The van der Waals surface area contributed by atoms with Gasteiger partial charge in [-0.3, -0.25) is 14.2 Å². The number of methoxy groups -OCH3 is 2. The van der Waals surface area contributed by atoms with E-state index in [0.717, 1.165) is 29.7 Å². The van der Waals surface area contributed by atoms with Crippen molar-refractivity contribution in [1.82, 2.24) is 20.1 Å². The minimum absolute atomic E-state index is 0.0483. The normalized spacial score (nSPS) is 12.7. The first kappa shape index (κ1) is 31.1. The Balaban J connectivity index is 1.39. The molecule has 0 saturated heterocycles. The number of benzene rings is 2. The fourth-order valence-electron chi connectivity index (χ4n) is 4.97. The predicted octanol–water partition coefficient (Wildman–Crippen LogP) is 5.06. The van der Waals surface area contributed by atoms with Crippen molar-refractivity contribution in [1.29, 1.82) is 0 Å². The molecule has 2 heterocycles. The molecule has 2 aromatic heterocycles. The number of esters is 1. The van der Waals surface area contributed by atoms with Gasteiger partial charge in [-0.25, -0.2) is 4.79 Å². The van der Waals surface area contributed by atoms with Crippen molar-refractivity contribution < 1.29 is 28.6 Å². The number of thiophene rings is 1. The van der Waals surface area contributed by atoms with Crippen LogP contribution in [0.25, 0.3) is 5.69 Å². The van der Waals surface area contributed by atoms with Crippen molar-refractivity contribution in [3.63, 3.8) is 0 Å². The zero-order valence-corrected chi connectivity index (χ0v) is 26.5. The molecule has 1 unspecified atom stereocenters. The Labute approximate surface area is 263 Å². The van der Waals surface area contributed by atoms with Gasteiger partial charge < -0.3 is 24.8 Å². The number of carbonyl (C=O) groups is 3. The van der Waals surface area contributed by atoms with Crippen LogP contribution < -0.4 is 20.1 Å². The Morgan fingerprint density at radius 2 is 1.75 bits per heavy atom. The summed E-state index contributed by atoms with van der Waals surface area (Å²) in [6, 6.07) is 14.3. The smallest absolute Gasteiger partial charge is 0.341 e. The van der Waals surface area contributed by atoms with E-state index < -0.39 is 11.2 Å². The second kappa shape index (κ2) is 14.0. The zero-order valence-electron chi connectivity index (χ0n) is 24.8. The molecular formula is C31H33N5O6S2. The average Bonchev–Trinajstić information content (AvgIpc) is 3.74. The van der Waals surface area contributed by atoms with E-state index >= 15 is 0 Å². The highest BCUT2D eigenvalue weighted by molar-refractivity contribution is 8.00. The number of carbonyl (C=O) groups excluding carboxylic acids is 3. The summed E-state index contributed by atoms with van der Waals surface area (Å²) < 4.78 is 18.0. The number of nitrogens with one attached hydrogen (secondary N) is 2. The first-order valence-corrected chi connectivity index (χ1v) is 15.8. The van der Waals surface area contributed by atoms with Gasteiger partial charge in [0.1, 0.15) is 16.5 Å². The van der Waals surface area contributed by atoms with Gasteiger partial charge in [-0.05, 0) is 62.9 Å². The Hall–Kier alpha value is -4.36. The highest BCUT2D eigenvalue weighted by Gasteiger charge is 2.30. The lowest BCUT2D eigenvalue weighted by molar-refractivity contribution is -0.115. The number of aryl methyl sites for hydroxylation is 1. The van der Waals surface area contributed by atoms with Crippen LogP contribution in [0, 0.1) is 0 Å². The number of fused-ring (bicyclic) bond motifs is 1. The standard InChI is InChI=1S/C31H33N5O6S2/c1-5-42-30(39)26-20-12-10-16-24(20)44-29(26)33-27(37)18(2)43-31-35-34-25(36(31)21-13-7-9-15-23(21)41-4)17-32-28(38)19-11-6-8-14-22(19)40-3/h6-9,11,13-15,18H,5,10,12,16-17H2,1-4H3,(H,32,38)(H,33,37). The van der Waals surface area contributed by atoms with E-state index in [4.69, 9.17) is 14.2 Å². The fourth-order valence-corrected chi connectivity index (χ4v) is 7.13. The van der Waals surface area contributed by atoms with E-state index in [2.05, 4.69) is 20.8 Å². The highest BCUT2D eigenvalue weighted by atomic mass is 32.2. The molecule has 1 aliphatic rings. The quantitative estimate of drug-likeness (QED) is 0.162. The number of anilines is 1. The Kier molecular flexibility index (Phi) is 9.85. The first-order chi connectivity index (χ1) is 21.4. The van der Waals surface area contributed by atoms with Gasteiger partial charge in [-0.15, -0.1) is 21.5 Å².